The van der Waals surface area contributed by atoms with E-state index in [0.717, 1.165) is 4.31 Å². The number of sulfonamides is 1. The molecule has 0 saturated heterocycles. The molecule has 226 valence electrons. The van der Waals surface area contributed by atoms with Crippen LogP contribution in [0.1, 0.15) is 32.8 Å². The number of methoxy groups -OCH3 is 2. The molecule has 1 N–H and O–H groups in total. The average Bonchev–Trinajstić information content (AvgIpc) is 2.97. The first-order valence-corrected chi connectivity index (χ1v) is 15.5. The van der Waals surface area contributed by atoms with E-state index in [2.05, 4.69) is 5.32 Å². The highest BCUT2D eigenvalue weighted by molar-refractivity contribution is 7.92. The highest BCUT2D eigenvalue weighted by Gasteiger charge is 2.34. The van der Waals surface area contributed by atoms with E-state index in [1.807, 2.05) is 13.8 Å². The van der Waals surface area contributed by atoms with Gasteiger partial charge in [-0.25, -0.2) is 8.42 Å². The fraction of sp³-hybridized carbons (Fsp3) is 0.333. The lowest BCUT2D eigenvalue weighted by molar-refractivity contribution is -0.140. The number of ether oxygens (including phenoxy) is 2. The summed E-state index contributed by atoms with van der Waals surface area (Å²) >= 11 is 12.3. The molecule has 9 nitrogen and oxygen atoms in total. The molecule has 0 bridgehead atoms. The van der Waals surface area contributed by atoms with E-state index in [9.17, 15) is 18.0 Å². The Morgan fingerprint density at radius 3 is 2.14 bits per heavy atom. The number of carbonyl (C=O) groups is 2. The number of nitrogens with zero attached hydrogens (tertiary/aromatic N) is 2. The fourth-order valence-corrected chi connectivity index (χ4v) is 6.11. The van der Waals surface area contributed by atoms with Crippen molar-refractivity contribution in [3.8, 4) is 11.5 Å². The van der Waals surface area contributed by atoms with Crippen LogP contribution in [0.4, 0.5) is 5.69 Å². The van der Waals surface area contributed by atoms with Gasteiger partial charge in [-0.2, -0.15) is 0 Å². The van der Waals surface area contributed by atoms with Crippen molar-refractivity contribution in [1.29, 1.82) is 0 Å². The smallest absolute Gasteiger partial charge is 0.264 e. The van der Waals surface area contributed by atoms with Crippen molar-refractivity contribution in [2.45, 2.75) is 50.7 Å². The molecular formula is C30H35Cl2N3O6S. The number of halogens is 2. The summed E-state index contributed by atoms with van der Waals surface area (Å²) in [5, 5.41) is 3.50. The summed E-state index contributed by atoms with van der Waals surface area (Å²) in [4.78, 5) is 28.8. The third-order valence-corrected chi connectivity index (χ3v) is 8.95. The van der Waals surface area contributed by atoms with Gasteiger partial charge in [0.25, 0.3) is 10.0 Å². The van der Waals surface area contributed by atoms with Gasteiger partial charge in [0.2, 0.25) is 11.8 Å². The second kappa shape index (κ2) is 14.6. The highest BCUT2D eigenvalue weighted by atomic mass is 35.5. The van der Waals surface area contributed by atoms with E-state index in [1.54, 1.807) is 49.4 Å². The van der Waals surface area contributed by atoms with E-state index >= 15 is 0 Å². The first kappa shape index (κ1) is 33.0. The molecule has 0 saturated carbocycles. The molecule has 0 radical (unpaired) electrons. The maximum Gasteiger partial charge on any atom is 0.264 e. The van der Waals surface area contributed by atoms with Crippen molar-refractivity contribution in [2.75, 3.05) is 25.1 Å². The van der Waals surface area contributed by atoms with Crippen molar-refractivity contribution >= 4 is 50.7 Å². The molecule has 1 atom stereocenters. The molecule has 2 amide bonds. The fourth-order valence-electron chi connectivity index (χ4n) is 4.36. The first-order valence-electron chi connectivity index (χ1n) is 13.3. The lowest BCUT2D eigenvalue weighted by atomic mass is 10.1. The highest BCUT2D eigenvalue weighted by Crippen LogP contribution is 2.34. The monoisotopic (exact) mass is 635 g/mol. The van der Waals surface area contributed by atoms with Crippen molar-refractivity contribution in [2.24, 2.45) is 0 Å². The molecule has 0 aliphatic heterocycles. The van der Waals surface area contributed by atoms with Gasteiger partial charge >= 0.3 is 0 Å². The SMILES string of the molecule is CCC(C(=O)NC(C)C)N(Cc1ccc(Cl)c(Cl)c1)C(=O)CN(c1ccc(OC)c(OC)c1)S(=O)(=O)c1ccccc1. The van der Waals surface area contributed by atoms with Crippen molar-refractivity contribution in [3.05, 3.63) is 82.3 Å². The van der Waals surface area contributed by atoms with Crippen LogP contribution >= 0.6 is 23.2 Å². The van der Waals surface area contributed by atoms with Gasteiger partial charge in [-0.3, -0.25) is 13.9 Å². The Kier molecular flexibility index (Phi) is 11.5. The summed E-state index contributed by atoms with van der Waals surface area (Å²) in [5.74, 6) is -0.279. The normalized spacial score (nSPS) is 12.0. The third kappa shape index (κ3) is 7.87. The number of hydrogen-bond acceptors (Lipinski definition) is 6. The van der Waals surface area contributed by atoms with E-state index in [4.69, 9.17) is 32.7 Å². The molecule has 0 heterocycles. The van der Waals surface area contributed by atoms with Gasteiger partial charge in [0.1, 0.15) is 12.6 Å². The maximum atomic E-state index is 14.2. The van der Waals surface area contributed by atoms with Crippen molar-refractivity contribution in [1.82, 2.24) is 10.2 Å². The molecule has 0 aromatic heterocycles. The lowest BCUT2D eigenvalue weighted by Crippen LogP contribution is -2.53. The van der Waals surface area contributed by atoms with Gasteiger partial charge < -0.3 is 19.7 Å². The number of carbonyl (C=O) groups excluding carboxylic acids is 2. The van der Waals surface area contributed by atoms with Crippen LogP contribution in [-0.4, -0.2) is 58.0 Å². The summed E-state index contributed by atoms with van der Waals surface area (Å²) in [6.07, 6.45) is 0.285. The quantitative estimate of drug-likeness (QED) is 0.264. The van der Waals surface area contributed by atoms with E-state index in [-0.39, 0.29) is 41.2 Å². The molecule has 0 fully saturated rings. The van der Waals surface area contributed by atoms with Crippen LogP contribution in [0, 0.1) is 0 Å². The minimum Gasteiger partial charge on any atom is -0.493 e. The number of hydrogen-bond donors (Lipinski definition) is 1. The Morgan fingerprint density at radius 2 is 1.57 bits per heavy atom. The van der Waals surface area contributed by atoms with Gasteiger partial charge in [-0.1, -0.05) is 54.4 Å². The summed E-state index contributed by atoms with van der Waals surface area (Å²) < 4.78 is 39.7. The van der Waals surface area contributed by atoms with Crippen LogP contribution in [0.3, 0.4) is 0 Å². The molecule has 0 aliphatic carbocycles. The van der Waals surface area contributed by atoms with Crippen LogP contribution in [-0.2, 0) is 26.2 Å². The summed E-state index contributed by atoms with van der Waals surface area (Å²) in [7, 11) is -1.34. The topological polar surface area (TPSA) is 105 Å². The summed E-state index contributed by atoms with van der Waals surface area (Å²) in [6, 6.07) is 16.2. The number of benzene rings is 3. The molecule has 0 spiro atoms. The van der Waals surface area contributed by atoms with Gasteiger partial charge in [0.15, 0.2) is 11.5 Å². The minimum atomic E-state index is -4.23. The molecule has 3 aromatic carbocycles. The largest absolute Gasteiger partial charge is 0.493 e. The number of rotatable bonds is 13. The summed E-state index contributed by atoms with van der Waals surface area (Å²) in [5.41, 5.74) is 0.802. The predicted octanol–water partition coefficient (Wildman–Crippen LogP) is 5.54. The molecule has 3 rings (SSSR count). The van der Waals surface area contributed by atoms with E-state index in [0.29, 0.717) is 21.4 Å². The molecule has 0 aliphatic rings. The van der Waals surface area contributed by atoms with Crippen LogP contribution in [0.5, 0.6) is 11.5 Å². The average molecular weight is 637 g/mol. The summed E-state index contributed by atoms with van der Waals surface area (Å²) in [6.45, 7) is 4.82. The zero-order valence-corrected chi connectivity index (χ0v) is 26.5. The van der Waals surface area contributed by atoms with Crippen LogP contribution in [0.25, 0.3) is 0 Å². The predicted molar refractivity (Wildman–Crippen MR) is 165 cm³/mol. The first-order chi connectivity index (χ1) is 19.9. The minimum absolute atomic E-state index is 0.00629. The number of anilines is 1. The molecule has 3 aromatic rings. The Bertz CT molecular complexity index is 1500. The Morgan fingerprint density at radius 1 is 0.905 bits per heavy atom. The zero-order chi connectivity index (χ0) is 31.0. The number of nitrogens with one attached hydrogen (secondary N) is 1. The van der Waals surface area contributed by atoms with Crippen LogP contribution in [0.2, 0.25) is 10.0 Å². The lowest BCUT2D eigenvalue weighted by Gasteiger charge is -2.33. The maximum absolute atomic E-state index is 14.2. The van der Waals surface area contributed by atoms with Gasteiger partial charge in [-0.15, -0.1) is 0 Å². The van der Waals surface area contributed by atoms with Gasteiger partial charge in [-0.05, 0) is 62.2 Å². The van der Waals surface area contributed by atoms with Gasteiger partial charge in [0, 0.05) is 18.7 Å². The van der Waals surface area contributed by atoms with E-state index in [1.165, 1.54) is 43.4 Å². The number of amides is 2. The third-order valence-electron chi connectivity index (χ3n) is 6.42. The van der Waals surface area contributed by atoms with Crippen molar-refractivity contribution < 1.29 is 27.5 Å². The second-order valence-electron chi connectivity index (χ2n) is 9.72. The Labute approximate surface area is 257 Å². The molecule has 12 heteroatoms. The van der Waals surface area contributed by atoms with Crippen LogP contribution in [0.15, 0.2) is 71.6 Å². The molecule has 1 unspecified atom stereocenters. The zero-order valence-electron chi connectivity index (χ0n) is 24.1. The van der Waals surface area contributed by atoms with E-state index < -0.39 is 28.5 Å². The molecular weight excluding hydrogens is 601 g/mol. The van der Waals surface area contributed by atoms with Gasteiger partial charge in [0.05, 0.1) is 34.8 Å². The van der Waals surface area contributed by atoms with Crippen LogP contribution < -0.4 is 19.1 Å². The Balaban J connectivity index is 2.12. The molecule has 42 heavy (non-hydrogen) atoms. The standard InChI is InChI=1S/C30H35Cl2N3O6S/c1-6-26(30(37)33-20(2)3)34(18-21-12-14-24(31)25(32)16-21)29(36)19-35(42(38,39)23-10-8-7-9-11-23)22-13-15-27(40-4)28(17-22)41-5/h7-17,20,26H,6,18-19H2,1-5H3,(H,33,37). The van der Waals surface area contributed by atoms with Crippen molar-refractivity contribution in [3.63, 3.8) is 0 Å². The Hall–Kier alpha value is -3.47. The second-order valence-corrected chi connectivity index (χ2v) is 12.4.